The highest BCUT2D eigenvalue weighted by molar-refractivity contribution is 5.74. The fraction of sp³-hybridized carbons (Fsp3) is 0.632. The van der Waals surface area contributed by atoms with E-state index in [0.29, 0.717) is 0 Å². The van der Waals surface area contributed by atoms with Crippen LogP contribution < -0.4 is 10.6 Å². The third-order valence-electron chi connectivity index (χ3n) is 4.94. The van der Waals surface area contributed by atoms with Crippen molar-refractivity contribution < 1.29 is 4.79 Å². The summed E-state index contributed by atoms with van der Waals surface area (Å²) < 4.78 is 0. The molecule has 0 saturated carbocycles. The second-order valence-electron chi connectivity index (χ2n) is 7.11. The quantitative estimate of drug-likeness (QED) is 0.839. The van der Waals surface area contributed by atoms with E-state index >= 15 is 0 Å². The highest BCUT2D eigenvalue weighted by atomic mass is 16.2. The Labute approximate surface area is 146 Å². The van der Waals surface area contributed by atoms with Gasteiger partial charge < -0.3 is 15.5 Å². The number of hydrogen-bond acceptors (Lipinski definition) is 3. The van der Waals surface area contributed by atoms with Gasteiger partial charge in [-0.15, -0.1) is 0 Å². The van der Waals surface area contributed by atoms with Crippen molar-refractivity contribution in [3.63, 3.8) is 0 Å². The second-order valence-corrected chi connectivity index (χ2v) is 7.11. The van der Waals surface area contributed by atoms with Crippen LogP contribution in [0.1, 0.15) is 32.3 Å². The molecule has 1 aliphatic heterocycles. The molecule has 0 aliphatic carbocycles. The monoisotopic (exact) mass is 332 g/mol. The molecule has 2 N–H and O–H groups in total. The first-order valence-electron chi connectivity index (χ1n) is 8.98. The summed E-state index contributed by atoms with van der Waals surface area (Å²) in [6.07, 6.45) is 0. The van der Waals surface area contributed by atoms with Gasteiger partial charge in [0.15, 0.2) is 0 Å². The van der Waals surface area contributed by atoms with Crippen LogP contribution in [0.2, 0.25) is 0 Å². The first-order chi connectivity index (χ1) is 11.5. The molecule has 3 atom stereocenters. The molecule has 0 radical (unpaired) electrons. The Morgan fingerprint density at radius 2 is 1.67 bits per heavy atom. The summed E-state index contributed by atoms with van der Waals surface area (Å²) in [5.74, 6) is 0.282. The molecule has 0 spiro atoms. The SMILES string of the molecule is C[C@H](CN1CCN(C)CC1)NC(=O)N[C@H](C)[C@@H](C)c1ccccc1. The van der Waals surface area contributed by atoms with Crippen molar-refractivity contribution in [2.75, 3.05) is 39.8 Å². The van der Waals surface area contributed by atoms with Crippen LogP contribution in [0.4, 0.5) is 4.79 Å². The summed E-state index contributed by atoms with van der Waals surface area (Å²) in [4.78, 5) is 17.0. The number of benzene rings is 1. The fourth-order valence-corrected chi connectivity index (χ4v) is 3.11. The van der Waals surface area contributed by atoms with Crippen LogP contribution in [0.25, 0.3) is 0 Å². The molecular formula is C19H32N4O. The zero-order chi connectivity index (χ0) is 17.5. The highest BCUT2D eigenvalue weighted by Gasteiger charge is 2.19. The van der Waals surface area contributed by atoms with Crippen LogP contribution in [0.3, 0.4) is 0 Å². The Kier molecular flexibility index (Phi) is 7.06. The van der Waals surface area contributed by atoms with E-state index in [1.54, 1.807) is 0 Å². The predicted octanol–water partition coefficient (Wildman–Crippen LogP) is 2.11. The van der Waals surface area contributed by atoms with Crippen molar-refractivity contribution in [2.24, 2.45) is 0 Å². The summed E-state index contributed by atoms with van der Waals surface area (Å²) in [6.45, 7) is 11.5. The largest absolute Gasteiger partial charge is 0.335 e. The van der Waals surface area contributed by atoms with Crippen LogP contribution in [0, 0.1) is 0 Å². The lowest BCUT2D eigenvalue weighted by Crippen LogP contribution is -2.52. The topological polar surface area (TPSA) is 47.6 Å². The number of hydrogen-bond donors (Lipinski definition) is 2. The van der Waals surface area contributed by atoms with Crippen molar-refractivity contribution in [3.8, 4) is 0 Å². The van der Waals surface area contributed by atoms with Gasteiger partial charge in [0.1, 0.15) is 0 Å². The molecule has 2 rings (SSSR count). The van der Waals surface area contributed by atoms with Crippen molar-refractivity contribution in [1.29, 1.82) is 0 Å². The molecular weight excluding hydrogens is 300 g/mol. The van der Waals surface area contributed by atoms with Gasteiger partial charge in [-0.3, -0.25) is 4.90 Å². The van der Waals surface area contributed by atoms with Crippen LogP contribution >= 0.6 is 0 Å². The summed E-state index contributed by atoms with van der Waals surface area (Å²) in [5.41, 5.74) is 1.25. The molecule has 1 aromatic rings. The lowest BCUT2D eigenvalue weighted by atomic mass is 9.94. The molecule has 134 valence electrons. The lowest BCUT2D eigenvalue weighted by molar-refractivity contribution is 0.144. The predicted molar refractivity (Wildman–Crippen MR) is 99.4 cm³/mol. The smallest absolute Gasteiger partial charge is 0.315 e. The highest BCUT2D eigenvalue weighted by Crippen LogP contribution is 2.18. The van der Waals surface area contributed by atoms with E-state index in [0.717, 1.165) is 32.7 Å². The van der Waals surface area contributed by atoms with Crippen LogP contribution in [-0.2, 0) is 0 Å². The third-order valence-corrected chi connectivity index (χ3v) is 4.94. The molecule has 1 aromatic carbocycles. The van der Waals surface area contributed by atoms with E-state index in [-0.39, 0.29) is 24.0 Å². The van der Waals surface area contributed by atoms with E-state index < -0.39 is 0 Å². The maximum absolute atomic E-state index is 12.2. The third kappa shape index (κ3) is 5.80. The number of piperazine rings is 1. The Bertz CT molecular complexity index is 499. The van der Waals surface area contributed by atoms with E-state index in [4.69, 9.17) is 0 Å². The van der Waals surface area contributed by atoms with Gasteiger partial charge in [0, 0.05) is 50.7 Å². The van der Waals surface area contributed by atoms with E-state index in [1.165, 1.54) is 5.56 Å². The van der Waals surface area contributed by atoms with Gasteiger partial charge in [0.2, 0.25) is 0 Å². The van der Waals surface area contributed by atoms with Crippen LogP contribution in [0.5, 0.6) is 0 Å². The Hall–Kier alpha value is -1.59. The average Bonchev–Trinajstić information content (AvgIpc) is 2.56. The number of nitrogens with one attached hydrogen (secondary N) is 2. The van der Waals surface area contributed by atoms with Crippen molar-refractivity contribution in [3.05, 3.63) is 35.9 Å². The summed E-state index contributed by atoms with van der Waals surface area (Å²) in [7, 11) is 2.15. The Morgan fingerprint density at radius 3 is 2.29 bits per heavy atom. The lowest BCUT2D eigenvalue weighted by Gasteiger charge is -2.34. The molecule has 5 heteroatoms. The maximum Gasteiger partial charge on any atom is 0.315 e. The van der Waals surface area contributed by atoms with Crippen molar-refractivity contribution in [2.45, 2.75) is 38.8 Å². The summed E-state index contributed by atoms with van der Waals surface area (Å²) in [6, 6.07) is 10.5. The van der Waals surface area contributed by atoms with E-state index in [2.05, 4.69) is 60.4 Å². The number of carbonyl (C=O) groups is 1. The van der Waals surface area contributed by atoms with Gasteiger partial charge >= 0.3 is 6.03 Å². The number of rotatable bonds is 6. The average molecular weight is 332 g/mol. The molecule has 0 aromatic heterocycles. The zero-order valence-corrected chi connectivity index (χ0v) is 15.5. The molecule has 0 bridgehead atoms. The first-order valence-corrected chi connectivity index (χ1v) is 8.98. The molecule has 0 unspecified atom stereocenters. The second kappa shape index (κ2) is 9.04. The number of urea groups is 1. The minimum atomic E-state index is -0.0769. The summed E-state index contributed by atoms with van der Waals surface area (Å²) >= 11 is 0. The van der Waals surface area contributed by atoms with Gasteiger partial charge in [0.25, 0.3) is 0 Å². The number of amides is 2. The Balaban J connectivity index is 1.73. The van der Waals surface area contributed by atoms with Gasteiger partial charge in [-0.25, -0.2) is 4.79 Å². The number of likely N-dealkylation sites (N-methyl/N-ethyl adjacent to an activating group) is 1. The maximum atomic E-state index is 12.2. The van der Waals surface area contributed by atoms with Gasteiger partial charge in [0.05, 0.1) is 0 Å². The minimum absolute atomic E-state index is 0.0769. The molecule has 5 nitrogen and oxygen atoms in total. The van der Waals surface area contributed by atoms with E-state index in [1.807, 2.05) is 18.2 Å². The number of nitrogens with zero attached hydrogens (tertiary/aromatic N) is 2. The molecule has 24 heavy (non-hydrogen) atoms. The number of carbonyl (C=O) groups excluding carboxylic acids is 1. The fourth-order valence-electron chi connectivity index (χ4n) is 3.11. The molecule has 1 saturated heterocycles. The minimum Gasteiger partial charge on any atom is -0.335 e. The molecule has 1 heterocycles. The van der Waals surface area contributed by atoms with Gasteiger partial charge in [-0.05, 0) is 26.5 Å². The van der Waals surface area contributed by atoms with Crippen LogP contribution in [0.15, 0.2) is 30.3 Å². The van der Waals surface area contributed by atoms with Gasteiger partial charge in [-0.2, -0.15) is 0 Å². The Morgan fingerprint density at radius 1 is 1.04 bits per heavy atom. The van der Waals surface area contributed by atoms with E-state index in [9.17, 15) is 4.79 Å². The van der Waals surface area contributed by atoms with Crippen LogP contribution in [-0.4, -0.2) is 67.7 Å². The first kappa shape index (κ1) is 18.7. The summed E-state index contributed by atoms with van der Waals surface area (Å²) in [5, 5.41) is 6.15. The van der Waals surface area contributed by atoms with Crippen molar-refractivity contribution >= 4 is 6.03 Å². The normalized spacial score (nSPS) is 20.2. The van der Waals surface area contributed by atoms with Gasteiger partial charge in [-0.1, -0.05) is 37.3 Å². The van der Waals surface area contributed by atoms with Crippen molar-refractivity contribution in [1.82, 2.24) is 20.4 Å². The zero-order valence-electron chi connectivity index (χ0n) is 15.5. The molecule has 2 amide bonds. The standard InChI is InChI=1S/C19H32N4O/c1-15(14-23-12-10-22(4)11-13-23)20-19(24)21-17(3)16(2)18-8-6-5-7-9-18/h5-9,15-17H,10-14H2,1-4H3,(H2,20,21,24)/t15-,16-,17-/m1/s1. The molecule has 1 fully saturated rings. The molecule has 1 aliphatic rings.